The molecule has 94 valence electrons. The molecule has 0 unspecified atom stereocenters. The summed E-state index contributed by atoms with van der Waals surface area (Å²) >= 11 is 0. The molecule has 0 bridgehead atoms. The van der Waals surface area contributed by atoms with E-state index in [0.717, 1.165) is 18.2 Å². The number of piperidine rings is 1. The lowest BCUT2D eigenvalue weighted by Gasteiger charge is -2.29. The first-order valence-corrected chi connectivity index (χ1v) is 6.58. The van der Waals surface area contributed by atoms with E-state index in [1.165, 1.54) is 25.9 Å². The van der Waals surface area contributed by atoms with Crippen LogP contribution in [-0.2, 0) is 0 Å². The lowest BCUT2D eigenvalue weighted by atomic mass is 9.97. The smallest absolute Gasteiger partial charge is 0.0570 e. The minimum Gasteiger partial charge on any atom is -0.309 e. The van der Waals surface area contributed by atoms with Crippen molar-refractivity contribution in [2.24, 2.45) is 5.92 Å². The van der Waals surface area contributed by atoms with Gasteiger partial charge in [-0.1, -0.05) is 6.07 Å². The molecule has 0 spiro atoms. The maximum atomic E-state index is 4.38. The third kappa shape index (κ3) is 3.79. The molecule has 2 heterocycles. The van der Waals surface area contributed by atoms with Crippen LogP contribution in [0.25, 0.3) is 0 Å². The summed E-state index contributed by atoms with van der Waals surface area (Å²) in [4.78, 5) is 6.80. The van der Waals surface area contributed by atoms with E-state index in [1.807, 2.05) is 12.3 Å². The normalized spacial score (nSPS) is 20.4. The average molecular weight is 233 g/mol. The van der Waals surface area contributed by atoms with E-state index >= 15 is 0 Å². The van der Waals surface area contributed by atoms with Gasteiger partial charge in [0.2, 0.25) is 0 Å². The van der Waals surface area contributed by atoms with Crippen molar-refractivity contribution < 1.29 is 0 Å². The summed E-state index contributed by atoms with van der Waals surface area (Å²) < 4.78 is 0. The minimum atomic E-state index is 0.357. The summed E-state index contributed by atoms with van der Waals surface area (Å²) in [6.07, 6.45) is 4.50. The number of pyridine rings is 1. The fraction of sp³-hybridized carbons (Fsp3) is 0.643. The van der Waals surface area contributed by atoms with Gasteiger partial charge in [0.15, 0.2) is 0 Å². The third-order valence-corrected chi connectivity index (χ3v) is 3.68. The molecule has 3 nitrogen and oxygen atoms in total. The van der Waals surface area contributed by atoms with Crippen molar-refractivity contribution >= 4 is 0 Å². The average Bonchev–Trinajstić information content (AvgIpc) is 2.39. The Bertz CT molecular complexity index is 317. The van der Waals surface area contributed by atoms with Crippen LogP contribution in [0.2, 0.25) is 0 Å². The second-order valence-corrected chi connectivity index (χ2v) is 5.13. The number of hydrogen-bond donors (Lipinski definition) is 1. The van der Waals surface area contributed by atoms with Gasteiger partial charge in [-0.15, -0.1) is 0 Å². The van der Waals surface area contributed by atoms with Crippen molar-refractivity contribution in [3.05, 3.63) is 30.1 Å². The van der Waals surface area contributed by atoms with E-state index in [0.29, 0.717) is 6.04 Å². The second kappa shape index (κ2) is 6.12. The highest BCUT2D eigenvalue weighted by Gasteiger charge is 2.17. The number of rotatable bonds is 4. The van der Waals surface area contributed by atoms with Crippen LogP contribution < -0.4 is 5.32 Å². The zero-order valence-electron chi connectivity index (χ0n) is 10.9. The summed E-state index contributed by atoms with van der Waals surface area (Å²) in [5.74, 6) is 0.831. The molecule has 1 aliphatic rings. The Morgan fingerprint density at radius 2 is 2.18 bits per heavy atom. The van der Waals surface area contributed by atoms with Crippen LogP contribution in [0.15, 0.2) is 24.4 Å². The van der Waals surface area contributed by atoms with Gasteiger partial charge < -0.3 is 10.2 Å². The Kier molecular flexibility index (Phi) is 4.51. The molecule has 1 aromatic heterocycles. The first-order chi connectivity index (χ1) is 8.25. The Hall–Kier alpha value is -0.930. The van der Waals surface area contributed by atoms with Crippen LogP contribution in [0.4, 0.5) is 0 Å². The number of nitrogens with zero attached hydrogens (tertiary/aromatic N) is 2. The summed E-state index contributed by atoms with van der Waals surface area (Å²) in [5.41, 5.74) is 1.14. The minimum absolute atomic E-state index is 0.357. The highest BCUT2D eigenvalue weighted by molar-refractivity contribution is 5.07. The summed E-state index contributed by atoms with van der Waals surface area (Å²) in [5, 5.41) is 3.60. The van der Waals surface area contributed by atoms with Gasteiger partial charge in [0.05, 0.1) is 5.69 Å². The van der Waals surface area contributed by atoms with Crippen LogP contribution >= 0.6 is 0 Å². The lowest BCUT2D eigenvalue weighted by molar-refractivity contribution is 0.213. The van der Waals surface area contributed by atoms with Gasteiger partial charge in [0.1, 0.15) is 0 Å². The van der Waals surface area contributed by atoms with Gasteiger partial charge in [-0.05, 0) is 64.5 Å². The van der Waals surface area contributed by atoms with Crippen molar-refractivity contribution in [2.75, 3.05) is 26.7 Å². The molecule has 1 N–H and O–H groups in total. The largest absolute Gasteiger partial charge is 0.309 e. The molecule has 1 atom stereocenters. The van der Waals surface area contributed by atoms with Crippen LogP contribution in [0.1, 0.15) is 31.5 Å². The maximum Gasteiger partial charge on any atom is 0.0570 e. The third-order valence-electron chi connectivity index (χ3n) is 3.68. The molecule has 0 aliphatic carbocycles. The molecule has 1 aliphatic heterocycles. The zero-order chi connectivity index (χ0) is 12.1. The van der Waals surface area contributed by atoms with Crippen LogP contribution in [0.3, 0.4) is 0 Å². The van der Waals surface area contributed by atoms with E-state index in [9.17, 15) is 0 Å². The highest BCUT2D eigenvalue weighted by atomic mass is 15.1. The SMILES string of the molecule is C[C@@H](NCC1CCN(C)CC1)c1ccccn1. The fourth-order valence-corrected chi connectivity index (χ4v) is 2.35. The number of nitrogens with one attached hydrogen (secondary N) is 1. The topological polar surface area (TPSA) is 28.2 Å². The van der Waals surface area contributed by atoms with E-state index in [-0.39, 0.29) is 0 Å². The van der Waals surface area contributed by atoms with Crippen molar-refractivity contribution in [3.63, 3.8) is 0 Å². The van der Waals surface area contributed by atoms with Gasteiger partial charge in [-0.3, -0.25) is 4.98 Å². The highest BCUT2D eigenvalue weighted by Crippen LogP contribution is 2.16. The van der Waals surface area contributed by atoms with Crippen molar-refractivity contribution in [2.45, 2.75) is 25.8 Å². The molecule has 0 saturated carbocycles. The lowest BCUT2D eigenvalue weighted by Crippen LogP contribution is -2.35. The van der Waals surface area contributed by atoms with Crippen molar-refractivity contribution in [1.29, 1.82) is 0 Å². The van der Waals surface area contributed by atoms with Gasteiger partial charge in [-0.25, -0.2) is 0 Å². The number of hydrogen-bond acceptors (Lipinski definition) is 3. The van der Waals surface area contributed by atoms with E-state index < -0.39 is 0 Å². The zero-order valence-corrected chi connectivity index (χ0v) is 10.9. The van der Waals surface area contributed by atoms with E-state index in [4.69, 9.17) is 0 Å². The van der Waals surface area contributed by atoms with Crippen LogP contribution in [0, 0.1) is 5.92 Å². The van der Waals surface area contributed by atoms with Crippen LogP contribution in [0.5, 0.6) is 0 Å². The molecule has 0 aromatic carbocycles. The van der Waals surface area contributed by atoms with Crippen molar-refractivity contribution in [3.8, 4) is 0 Å². The first kappa shape index (κ1) is 12.5. The molecule has 0 radical (unpaired) electrons. The summed E-state index contributed by atoms with van der Waals surface area (Å²) in [7, 11) is 2.21. The van der Waals surface area contributed by atoms with Gasteiger partial charge in [0, 0.05) is 12.2 Å². The molecule has 2 rings (SSSR count). The molecule has 0 amide bonds. The predicted octanol–water partition coefficient (Wildman–Crippen LogP) is 2.07. The Balaban J connectivity index is 1.75. The van der Waals surface area contributed by atoms with Crippen molar-refractivity contribution in [1.82, 2.24) is 15.2 Å². The molecular weight excluding hydrogens is 210 g/mol. The molecule has 1 saturated heterocycles. The Morgan fingerprint density at radius 3 is 2.82 bits per heavy atom. The Labute approximate surface area is 104 Å². The number of aromatic nitrogens is 1. The van der Waals surface area contributed by atoms with E-state index in [2.05, 4.69) is 41.3 Å². The quantitative estimate of drug-likeness (QED) is 0.863. The predicted molar refractivity (Wildman–Crippen MR) is 70.9 cm³/mol. The number of likely N-dealkylation sites (tertiary alicyclic amines) is 1. The van der Waals surface area contributed by atoms with Crippen LogP contribution in [-0.4, -0.2) is 36.6 Å². The van der Waals surface area contributed by atoms with Gasteiger partial charge >= 0.3 is 0 Å². The maximum absolute atomic E-state index is 4.38. The fourth-order valence-electron chi connectivity index (χ4n) is 2.35. The molecule has 17 heavy (non-hydrogen) atoms. The molecule has 1 fully saturated rings. The molecule has 1 aromatic rings. The molecule has 3 heteroatoms. The van der Waals surface area contributed by atoms with E-state index in [1.54, 1.807) is 0 Å². The summed E-state index contributed by atoms with van der Waals surface area (Å²) in [6.45, 7) is 5.79. The first-order valence-electron chi connectivity index (χ1n) is 6.58. The summed E-state index contributed by atoms with van der Waals surface area (Å²) in [6, 6.07) is 6.46. The van der Waals surface area contributed by atoms with Gasteiger partial charge in [0.25, 0.3) is 0 Å². The second-order valence-electron chi connectivity index (χ2n) is 5.13. The Morgan fingerprint density at radius 1 is 1.41 bits per heavy atom. The van der Waals surface area contributed by atoms with Gasteiger partial charge in [-0.2, -0.15) is 0 Å². The monoisotopic (exact) mass is 233 g/mol. The molecular formula is C14H23N3. The standard InChI is InChI=1S/C14H23N3/c1-12(14-5-3-4-8-15-14)16-11-13-6-9-17(2)10-7-13/h3-5,8,12-13,16H,6-7,9-11H2,1-2H3/t12-/m1/s1.